The minimum Gasteiger partial charge on any atom is -0.494 e. The Balaban J connectivity index is 0.00000110. The van der Waals surface area contributed by atoms with Crippen LogP contribution >= 0.6 is 11.3 Å². The van der Waals surface area contributed by atoms with E-state index in [0.717, 1.165) is 68.3 Å². The smallest absolute Gasteiger partial charge is 0.254 e. The molecule has 1 aromatic carbocycles. The number of amides is 1. The van der Waals surface area contributed by atoms with Crippen molar-refractivity contribution in [2.45, 2.75) is 64.8 Å². The van der Waals surface area contributed by atoms with E-state index in [1.807, 2.05) is 28.4 Å². The average molecular weight is 579 g/mol. The SMILES string of the molecule is C.CN.COc1cc(C(=O)N2CCCCC2)cc2nc(-c3cc4scc(C5CCNCC5)c4n3CC3CC3)n(C)c12. The first-order chi connectivity index (χ1) is 19.6. The summed E-state index contributed by atoms with van der Waals surface area (Å²) in [6, 6.07) is 6.22. The second kappa shape index (κ2) is 12.5. The summed E-state index contributed by atoms with van der Waals surface area (Å²) in [6.07, 6.45) is 8.38. The summed E-state index contributed by atoms with van der Waals surface area (Å²) < 4.78 is 11.9. The maximum atomic E-state index is 13.4. The Kier molecular flexibility index (Phi) is 9.06. The van der Waals surface area contributed by atoms with Gasteiger partial charge in [-0.3, -0.25) is 4.79 Å². The number of nitrogens with two attached hydrogens (primary N) is 1. The van der Waals surface area contributed by atoms with Crippen molar-refractivity contribution in [3.8, 4) is 17.3 Å². The zero-order valence-corrected chi connectivity index (χ0v) is 24.9. The highest BCUT2D eigenvalue weighted by Crippen LogP contribution is 2.43. The first-order valence-electron chi connectivity index (χ1n) is 14.9. The predicted molar refractivity (Wildman–Crippen MR) is 170 cm³/mol. The molecule has 0 bridgehead atoms. The largest absolute Gasteiger partial charge is 0.494 e. The van der Waals surface area contributed by atoms with Crippen LogP contribution in [0.5, 0.6) is 5.75 Å². The fraction of sp³-hybridized carbons (Fsp3) is 0.562. The molecule has 2 aliphatic heterocycles. The van der Waals surface area contributed by atoms with Crippen LogP contribution in [0.25, 0.3) is 32.8 Å². The average Bonchev–Trinajstić information content (AvgIpc) is 3.50. The summed E-state index contributed by atoms with van der Waals surface area (Å²) in [5.41, 5.74) is 11.1. The molecule has 1 saturated carbocycles. The molecule has 0 spiro atoms. The van der Waals surface area contributed by atoms with E-state index >= 15 is 0 Å². The molecule has 1 aliphatic carbocycles. The van der Waals surface area contributed by atoms with Gasteiger partial charge in [0, 0.05) is 32.2 Å². The van der Waals surface area contributed by atoms with Crippen LogP contribution in [0.4, 0.5) is 0 Å². The van der Waals surface area contributed by atoms with Gasteiger partial charge in [-0.05, 0) is 106 Å². The molecule has 3 aromatic heterocycles. The lowest BCUT2D eigenvalue weighted by atomic mass is 9.91. The van der Waals surface area contributed by atoms with Crippen LogP contribution in [0.1, 0.15) is 74.2 Å². The van der Waals surface area contributed by atoms with E-state index in [9.17, 15) is 4.79 Å². The summed E-state index contributed by atoms with van der Waals surface area (Å²) in [5.74, 6) is 3.11. The number of aromatic nitrogens is 3. The first-order valence-corrected chi connectivity index (χ1v) is 15.7. The van der Waals surface area contributed by atoms with Crippen molar-refractivity contribution >= 4 is 38.5 Å². The monoisotopic (exact) mass is 578 g/mol. The quantitative estimate of drug-likeness (QED) is 0.294. The fourth-order valence-electron chi connectivity index (χ4n) is 6.55. The third-order valence-electron chi connectivity index (χ3n) is 8.84. The van der Waals surface area contributed by atoms with Crippen molar-refractivity contribution in [2.75, 3.05) is 40.3 Å². The van der Waals surface area contributed by atoms with Crippen molar-refractivity contribution in [1.82, 2.24) is 24.3 Å². The third-order valence-corrected chi connectivity index (χ3v) is 9.78. The van der Waals surface area contributed by atoms with Gasteiger partial charge >= 0.3 is 0 Å². The number of nitrogens with zero attached hydrogens (tertiary/aromatic N) is 4. The molecule has 3 N–H and O–H groups in total. The van der Waals surface area contributed by atoms with Gasteiger partial charge in [-0.1, -0.05) is 7.43 Å². The minimum absolute atomic E-state index is 0. The molecular formula is C32H46N6O2S. The summed E-state index contributed by atoms with van der Waals surface area (Å²) >= 11 is 1.87. The molecule has 0 unspecified atom stereocenters. The lowest BCUT2D eigenvalue weighted by Gasteiger charge is -2.26. The molecule has 41 heavy (non-hydrogen) atoms. The van der Waals surface area contributed by atoms with Gasteiger partial charge in [0.15, 0.2) is 5.82 Å². The third kappa shape index (κ3) is 5.51. The van der Waals surface area contributed by atoms with Crippen molar-refractivity contribution in [1.29, 1.82) is 0 Å². The molecule has 0 radical (unpaired) electrons. The summed E-state index contributed by atoms with van der Waals surface area (Å²) in [6.45, 7) is 4.91. The number of nitrogens with one attached hydrogen (secondary N) is 1. The van der Waals surface area contributed by atoms with Crippen molar-refractivity contribution in [3.05, 3.63) is 34.7 Å². The molecule has 8 nitrogen and oxygen atoms in total. The Morgan fingerprint density at radius 1 is 1.07 bits per heavy atom. The predicted octanol–water partition coefficient (Wildman–Crippen LogP) is 5.98. The number of aryl methyl sites for hydroxylation is 1. The zero-order chi connectivity index (χ0) is 27.8. The van der Waals surface area contributed by atoms with Crippen LogP contribution in [0, 0.1) is 5.92 Å². The highest BCUT2D eigenvalue weighted by molar-refractivity contribution is 7.17. The van der Waals surface area contributed by atoms with Gasteiger partial charge in [0.25, 0.3) is 5.91 Å². The highest BCUT2D eigenvalue weighted by Gasteiger charge is 2.29. The lowest BCUT2D eigenvalue weighted by Crippen LogP contribution is -2.35. The van der Waals surface area contributed by atoms with Gasteiger partial charge in [-0.25, -0.2) is 4.98 Å². The fourth-order valence-corrected chi connectivity index (χ4v) is 7.63. The van der Waals surface area contributed by atoms with E-state index in [-0.39, 0.29) is 13.3 Å². The Morgan fingerprint density at radius 3 is 2.49 bits per heavy atom. The summed E-state index contributed by atoms with van der Waals surface area (Å²) in [5, 5.41) is 5.93. The van der Waals surface area contributed by atoms with E-state index in [1.165, 1.54) is 60.6 Å². The van der Waals surface area contributed by atoms with Crippen molar-refractivity contribution in [2.24, 2.45) is 18.7 Å². The molecule has 1 amide bonds. The number of hydrogen-bond donors (Lipinski definition) is 2. The second-order valence-electron chi connectivity index (χ2n) is 11.4. The van der Waals surface area contributed by atoms with Gasteiger partial charge in [0.1, 0.15) is 11.3 Å². The van der Waals surface area contributed by atoms with Gasteiger partial charge in [0.2, 0.25) is 0 Å². The Bertz CT molecular complexity index is 1500. The topological polar surface area (TPSA) is 90.3 Å². The Hall–Kier alpha value is -2.88. The van der Waals surface area contributed by atoms with E-state index < -0.39 is 0 Å². The lowest BCUT2D eigenvalue weighted by molar-refractivity contribution is 0.0724. The minimum atomic E-state index is 0. The molecule has 5 heterocycles. The van der Waals surface area contributed by atoms with E-state index in [4.69, 9.17) is 9.72 Å². The molecule has 4 aromatic rings. The number of fused-ring (bicyclic) bond motifs is 2. The number of likely N-dealkylation sites (tertiary alicyclic amines) is 1. The number of methoxy groups -OCH3 is 1. The van der Waals surface area contributed by atoms with Crippen LogP contribution in [0.3, 0.4) is 0 Å². The standard InChI is InChI=1S/C30H37N5O2S.CH5N.CH4/c1-33-28-23(14-21(15-25(28)37-2)30(36)34-12-4-3-5-13-34)32-29(33)24-16-26-27(35(24)17-19-6-7-19)22(18-38-26)20-8-10-31-11-9-20;1-2;/h14-16,18-20,31H,3-13,17H2,1-2H3;2H2,1H3;1H4. The molecule has 3 aliphatic rings. The number of imidazole rings is 1. The number of rotatable bonds is 6. The highest BCUT2D eigenvalue weighted by atomic mass is 32.1. The first kappa shape index (κ1) is 29.6. The molecular weight excluding hydrogens is 532 g/mol. The molecule has 7 rings (SSSR count). The van der Waals surface area contributed by atoms with Gasteiger partial charge in [0.05, 0.1) is 28.5 Å². The van der Waals surface area contributed by atoms with Crippen molar-refractivity contribution < 1.29 is 9.53 Å². The second-order valence-corrected chi connectivity index (χ2v) is 12.3. The number of carbonyl (C=O) groups is 1. The van der Waals surface area contributed by atoms with Gasteiger partial charge < -0.3 is 29.8 Å². The number of benzene rings is 1. The Morgan fingerprint density at radius 2 is 1.80 bits per heavy atom. The summed E-state index contributed by atoms with van der Waals surface area (Å²) in [7, 11) is 5.27. The van der Waals surface area contributed by atoms with Gasteiger partial charge in [-0.15, -0.1) is 11.3 Å². The maximum absolute atomic E-state index is 13.4. The number of hydrogen-bond acceptors (Lipinski definition) is 6. The van der Waals surface area contributed by atoms with Crippen LogP contribution in [0.2, 0.25) is 0 Å². The number of piperidine rings is 2. The van der Waals surface area contributed by atoms with Crippen LogP contribution < -0.4 is 15.8 Å². The molecule has 3 fully saturated rings. The molecule has 2 saturated heterocycles. The number of carbonyl (C=O) groups excluding carboxylic acids is 1. The van der Waals surface area contributed by atoms with E-state index in [0.29, 0.717) is 17.2 Å². The molecule has 222 valence electrons. The van der Waals surface area contributed by atoms with E-state index in [1.54, 1.807) is 7.11 Å². The molecule has 0 atom stereocenters. The molecule has 9 heteroatoms. The normalized spacial score (nSPS) is 17.8. The number of thiophene rings is 1. The Labute approximate surface area is 247 Å². The maximum Gasteiger partial charge on any atom is 0.254 e. The zero-order valence-electron chi connectivity index (χ0n) is 24.0. The van der Waals surface area contributed by atoms with E-state index in [2.05, 4.69) is 38.7 Å². The van der Waals surface area contributed by atoms with Crippen molar-refractivity contribution in [3.63, 3.8) is 0 Å². The van der Waals surface area contributed by atoms with Crippen LogP contribution in [0.15, 0.2) is 23.6 Å². The summed E-state index contributed by atoms with van der Waals surface area (Å²) in [4.78, 5) is 20.5. The van der Waals surface area contributed by atoms with Gasteiger partial charge in [-0.2, -0.15) is 0 Å². The van der Waals surface area contributed by atoms with Crippen LogP contribution in [-0.2, 0) is 13.6 Å². The number of ether oxygens (including phenoxy) is 1. The van der Waals surface area contributed by atoms with Crippen LogP contribution in [-0.4, -0.2) is 65.3 Å².